The molecule has 0 aliphatic rings. The summed E-state index contributed by atoms with van der Waals surface area (Å²) in [5, 5.41) is 8.85. The summed E-state index contributed by atoms with van der Waals surface area (Å²) in [6.45, 7) is 8.41. The first-order chi connectivity index (χ1) is 14.3. The van der Waals surface area contributed by atoms with Gasteiger partial charge in [0.1, 0.15) is 12.4 Å². The molecule has 0 unspecified atom stereocenters. The van der Waals surface area contributed by atoms with Gasteiger partial charge in [-0.1, -0.05) is 12.1 Å². The fourth-order valence-corrected chi connectivity index (χ4v) is 4.36. The zero-order valence-electron chi connectivity index (χ0n) is 17.6. The largest absolute Gasteiger partial charge is 0.489 e. The van der Waals surface area contributed by atoms with E-state index in [0.717, 1.165) is 38.7 Å². The van der Waals surface area contributed by atoms with E-state index in [1.165, 1.54) is 14.2 Å². The molecular formula is C22H23N5O2S. The van der Waals surface area contributed by atoms with Crippen molar-refractivity contribution in [3.63, 3.8) is 0 Å². The van der Waals surface area contributed by atoms with Crippen molar-refractivity contribution in [3.05, 3.63) is 74.3 Å². The third-order valence-corrected chi connectivity index (χ3v) is 6.17. The van der Waals surface area contributed by atoms with Crippen molar-refractivity contribution in [1.29, 1.82) is 0 Å². The Morgan fingerprint density at radius 2 is 1.83 bits per heavy atom. The lowest BCUT2D eigenvalue weighted by Gasteiger charge is -2.15. The Labute approximate surface area is 178 Å². The summed E-state index contributed by atoms with van der Waals surface area (Å²) in [6, 6.07) is 11.9. The Morgan fingerprint density at radius 3 is 2.47 bits per heavy atom. The highest BCUT2D eigenvalue weighted by atomic mass is 32.1. The Hall–Kier alpha value is -3.26. The Morgan fingerprint density at radius 1 is 1.03 bits per heavy atom. The molecule has 2 aromatic heterocycles. The second-order valence-corrected chi connectivity index (χ2v) is 8.49. The molecule has 0 atom stereocenters. The average Bonchev–Trinajstić information content (AvgIpc) is 3.22. The van der Waals surface area contributed by atoms with Crippen molar-refractivity contribution in [2.24, 2.45) is 7.05 Å². The van der Waals surface area contributed by atoms with Gasteiger partial charge < -0.3 is 4.74 Å². The minimum atomic E-state index is -0.294. The third kappa shape index (κ3) is 3.66. The van der Waals surface area contributed by atoms with E-state index in [1.807, 2.05) is 52.0 Å². The molecule has 8 heteroatoms. The van der Waals surface area contributed by atoms with Gasteiger partial charge >= 0.3 is 5.69 Å². The number of hydrogen-bond donors (Lipinski definition) is 0. The quantitative estimate of drug-likeness (QED) is 0.489. The summed E-state index contributed by atoms with van der Waals surface area (Å²) in [5.74, 6) is 0.804. The van der Waals surface area contributed by atoms with Crippen molar-refractivity contribution in [2.75, 3.05) is 0 Å². The van der Waals surface area contributed by atoms with E-state index < -0.39 is 0 Å². The summed E-state index contributed by atoms with van der Waals surface area (Å²) in [4.78, 5) is 18.0. The monoisotopic (exact) mass is 421 g/mol. The van der Waals surface area contributed by atoms with Crippen molar-refractivity contribution in [2.45, 2.75) is 34.3 Å². The summed E-state index contributed by atoms with van der Waals surface area (Å²) in [5.41, 5.74) is 5.54. The van der Waals surface area contributed by atoms with E-state index in [0.29, 0.717) is 12.3 Å². The van der Waals surface area contributed by atoms with E-state index in [9.17, 15) is 4.79 Å². The first-order valence-corrected chi connectivity index (χ1v) is 10.4. The molecule has 2 aromatic carbocycles. The highest BCUT2D eigenvalue weighted by Crippen LogP contribution is 2.33. The van der Waals surface area contributed by atoms with Crippen molar-refractivity contribution < 1.29 is 4.74 Å². The lowest BCUT2D eigenvalue weighted by molar-refractivity contribution is 0.302. The number of aromatic nitrogens is 5. The first-order valence-electron chi connectivity index (χ1n) is 9.61. The molecule has 154 valence electrons. The van der Waals surface area contributed by atoms with E-state index in [4.69, 9.17) is 4.74 Å². The fraction of sp³-hybridized carbons (Fsp3) is 0.273. The number of ether oxygens (including phenoxy) is 1. The summed E-state index contributed by atoms with van der Waals surface area (Å²) in [6.07, 6.45) is 0. The standard InChI is InChI=1S/C22H23N5O2S/c1-13-7-6-8-19(27-22(28)26(5)24-25-27)18(13)12-29-20-10-9-17(11-14(20)2)21-15(3)23-16(4)30-21/h6-11H,12H2,1-5H3. The van der Waals surface area contributed by atoms with Gasteiger partial charge in [-0.15, -0.1) is 11.3 Å². The predicted molar refractivity (Wildman–Crippen MR) is 117 cm³/mol. The van der Waals surface area contributed by atoms with Gasteiger partial charge in [-0.3, -0.25) is 0 Å². The van der Waals surface area contributed by atoms with Crippen molar-refractivity contribution in [1.82, 2.24) is 24.8 Å². The molecule has 4 aromatic rings. The molecule has 30 heavy (non-hydrogen) atoms. The van der Waals surface area contributed by atoms with E-state index in [1.54, 1.807) is 18.4 Å². The highest BCUT2D eigenvalue weighted by molar-refractivity contribution is 7.15. The smallest absolute Gasteiger partial charge is 0.368 e. The number of hydrogen-bond acceptors (Lipinski definition) is 6. The van der Waals surface area contributed by atoms with Gasteiger partial charge in [0.2, 0.25) is 0 Å². The molecule has 0 spiro atoms. The van der Waals surface area contributed by atoms with Gasteiger partial charge in [-0.25, -0.2) is 9.78 Å². The van der Waals surface area contributed by atoms with Gasteiger partial charge in [0, 0.05) is 12.6 Å². The van der Waals surface area contributed by atoms with Crippen LogP contribution >= 0.6 is 11.3 Å². The van der Waals surface area contributed by atoms with Crippen molar-refractivity contribution in [3.8, 4) is 21.9 Å². The van der Waals surface area contributed by atoms with Crippen LogP contribution in [0.4, 0.5) is 0 Å². The van der Waals surface area contributed by atoms with Crippen LogP contribution in [0.5, 0.6) is 5.75 Å². The molecule has 0 bridgehead atoms. The van der Waals surface area contributed by atoms with Gasteiger partial charge in [-0.2, -0.15) is 9.36 Å². The number of rotatable bonds is 5. The van der Waals surface area contributed by atoms with E-state index in [-0.39, 0.29) is 5.69 Å². The molecule has 0 amide bonds. The van der Waals surface area contributed by atoms with Crippen LogP contribution in [0.1, 0.15) is 27.4 Å². The SMILES string of the molecule is Cc1nc(C)c(-c2ccc(OCc3c(C)cccc3-n3nnn(C)c3=O)c(C)c2)s1. The van der Waals surface area contributed by atoms with Gasteiger partial charge in [0.25, 0.3) is 0 Å². The lowest BCUT2D eigenvalue weighted by atomic mass is 10.1. The van der Waals surface area contributed by atoms with Crippen molar-refractivity contribution >= 4 is 11.3 Å². The van der Waals surface area contributed by atoms with Gasteiger partial charge in [0.15, 0.2) is 0 Å². The normalized spacial score (nSPS) is 11.1. The van der Waals surface area contributed by atoms with Crippen LogP contribution in [-0.4, -0.2) is 24.8 Å². The molecule has 0 aliphatic carbocycles. The Kier molecular flexibility index (Phi) is 5.26. The van der Waals surface area contributed by atoms with Crippen LogP contribution in [0.3, 0.4) is 0 Å². The zero-order valence-corrected chi connectivity index (χ0v) is 18.4. The summed E-state index contributed by atoms with van der Waals surface area (Å²) < 4.78 is 8.67. The molecule has 2 heterocycles. The van der Waals surface area contributed by atoms with Crippen LogP contribution in [0.2, 0.25) is 0 Å². The van der Waals surface area contributed by atoms with Crippen LogP contribution in [0.25, 0.3) is 16.1 Å². The molecule has 0 fully saturated rings. The van der Waals surface area contributed by atoms with E-state index in [2.05, 4.69) is 27.5 Å². The predicted octanol–water partition coefficient (Wildman–Crippen LogP) is 3.90. The molecule has 4 rings (SSSR count). The molecule has 0 N–H and O–H groups in total. The molecule has 0 saturated carbocycles. The number of benzene rings is 2. The number of aryl methyl sites for hydroxylation is 5. The van der Waals surface area contributed by atoms with Crippen LogP contribution in [0.15, 0.2) is 41.2 Å². The average molecular weight is 422 g/mol. The van der Waals surface area contributed by atoms with E-state index >= 15 is 0 Å². The number of tetrazole rings is 1. The molecule has 7 nitrogen and oxygen atoms in total. The maximum Gasteiger partial charge on any atom is 0.368 e. The van der Waals surface area contributed by atoms with Crippen LogP contribution < -0.4 is 10.4 Å². The minimum absolute atomic E-state index is 0.294. The summed E-state index contributed by atoms with van der Waals surface area (Å²) in [7, 11) is 1.58. The number of thiazole rings is 1. The second kappa shape index (κ2) is 7.87. The molecular weight excluding hydrogens is 398 g/mol. The zero-order chi connectivity index (χ0) is 21.4. The van der Waals surface area contributed by atoms with Crippen LogP contribution in [0, 0.1) is 27.7 Å². The minimum Gasteiger partial charge on any atom is -0.489 e. The Balaban J connectivity index is 1.62. The van der Waals surface area contributed by atoms with Gasteiger partial charge in [0.05, 0.1) is 21.3 Å². The topological polar surface area (TPSA) is 74.8 Å². The third-order valence-electron chi connectivity index (χ3n) is 5.05. The fourth-order valence-electron chi connectivity index (χ4n) is 3.44. The maximum atomic E-state index is 12.3. The highest BCUT2D eigenvalue weighted by Gasteiger charge is 2.15. The van der Waals surface area contributed by atoms with Gasteiger partial charge in [-0.05, 0) is 79.1 Å². The van der Waals surface area contributed by atoms with Crippen LogP contribution in [-0.2, 0) is 13.7 Å². The first kappa shape index (κ1) is 20.0. The second-order valence-electron chi connectivity index (χ2n) is 7.29. The molecule has 0 saturated heterocycles. The summed E-state index contributed by atoms with van der Waals surface area (Å²) >= 11 is 1.70. The molecule has 0 radical (unpaired) electrons. The Bertz CT molecular complexity index is 1290. The lowest BCUT2D eigenvalue weighted by Crippen LogP contribution is -2.23. The molecule has 0 aliphatic heterocycles. The maximum absolute atomic E-state index is 12.3. The number of nitrogens with zero attached hydrogens (tertiary/aromatic N) is 5.